The first-order valence-electron chi connectivity index (χ1n) is 3.77. The molecule has 3 N–H and O–H groups in total. The molecule has 0 aliphatic rings. The van der Waals surface area contributed by atoms with E-state index in [1.54, 1.807) is 6.92 Å². The summed E-state index contributed by atoms with van der Waals surface area (Å²) in [6.45, 7) is 3.11. The molecule has 0 aliphatic carbocycles. The minimum atomic E-state index is -4.56. The third-order valence-corrected chi connectivity index (χ3v) is 2.00. The zero-order valence-corrected chi connectivity index (χ0v) is 12.0. The number of phenolic OH excluding ortho intramolecular Hbond substituents is 1. The topological polar surface area (TPSA) is 87.0 Å². The summed E-state index contributed by atoms with van der Waals surface area (Å²) in [5.74, 6) is -0.0332. The summed E-state index contributed by atoms with van der Waals surface area (Å²) in [4.78, 5) is 17.2. The number of rotatable bonds is 2. The van der Waals surface area contributed by atoms with Gasteiger partial charge in [-0.05, 0) is 0 Å². The van der Waals surface area contributed by atoms with Crippen LogP contribution in [-0.2, 0) is 37.3 Å². The van der Waals surface area contributed by atoms with Gasteiger partial charge in [0.1, 0.15) is 0 Å². The van der Waals surface area contributed by atoms with Crippen LogP contribution in [-0.4, -0.2) is 14.9 Å². The normalized spacial score (nSPS) is 10.7. The smallest absolute Gasteiger partial charge is 0.512 e. The van der Waals surface area contributed by atoms with Crippen molar-refractivity contribution in [2.24, 2.45) is 0 Å². The van der Waals surface area contributed by atoms with Crippen molar-refractivity contribution in [3.05, 3.63) is 23.3 Å². The predicted octanol–water partition coefficient (Wildman–Crippen LogP) is 1.28. The Morgan fingerprint density at radius 1 is 1.40 bits per heavy atom. The molecule has 0 fully saturated rings. The van der Waals surface area contributed by atoms with Crippen molar-refractivity contribution in [2.45, 2.75) is 13.8 Å². The first kappa shape index (κ1) is 15.1. The number of phosphoric acid groups is 1. The van der Waals surface area contributed by atoms with E-state index in [1.165, 1.54) is 13.0 Å². The molecule has 1 rings (SSSR count). The van der Waals surface area contributed by atoms with Crippen molar-refractivity contribution >= 4 is 7.82 Å². The van der Waals surface area contributed by atoms with Gasteiger partial charge in [0.05, 0.1) is 0 Å². The average molecular weight is 306 g/mol. The maximum Gasteiger partial charge on any atom is 0.512 e. The number of aromatic hydroxyl groups is 1. The SMILES string of the molecule is Cc1[c-]c(O)cc(C)c1OP(=O)(O)O.[Y]. The molecule has 0 unspecified atom stereocenters. The third-order valence-electron chi connectivity index (χ3n) is 1.58. The zero-order chi connectivity index (χ0) is 10.9. The number of hydrogen-bond acceptors (Lipinski definition) is 3. The predicted molar refractivity (Wildman–Crippen MR) is 49.1 cm³/mol. The fraction of sp³-hybridized carbons (Fsp3) is 0.250. The second-order valence-corrected chi connectivity index (χ2v) is 4.04. The molecule has 0 saturated carbocycles. The fourth-order valence-corrected chi connectivity index (χ4v) is 1.63. The third kappa shape index (κ3) is 4.62. The van der Waals surface area contributed by atoms with E-state index in [0.29, 0.717) is 11.1 Å². The molecule has 0 heterocycles. The van der Waals surface area contributed by atoms with Crippen molar-refractivity contribution in [1.29, 1.82) is 0 Å². The molecule has 15 heavy (non-hydrogen) atoms. The Hall–Kier alpha value is 0.0739. The first-order valence-corrected chi connectivity index (χ1v) is 5.30. The summed E-state index contributed by atoms with van der Waals surface area (Å²) in [5.41, 5.74) is 0.799. The molecular formula is C8H10O5PY-. The summed E-state index contributed by atoms with van der Waals surface area (Å²) in [6.07, 6.45) is 0. The van der Waals surface area contributed by atoms with Gasteiger partial charge >= 0.3 is 7.82 Å². The molecule has 0 saturated heterocycles. The van der Waals surface area contributed by atoms with Crippen molar-refractivity contribution < 1.29 is 56.7 Å². The molecule has 1 aromatic rings. The average Bonchev–Trinajstić information content (AvgIpc) is 1.95. The van der Waals surface area contributed by atoms with Gasteiger partial charge < -0.3 is 9.63 Å². The molecule has 0 aliphatic heterocycles. The van der Waals surface area contributed by atoms with Crippen LogP contribution in [0.2, 0.25) is 0 Å². The maximum atomic E-state index is 10.6. The second-order valence-electron chi connectivity index (χ2n) is 2.87. The van der Waals surface area contributed by atoms with Gasteiger partial charge in [0.15, 0.2) is 0 Å². The molecular weight excluding hydrogens is 296 g/mol. The largest absolute Gasteiger partial charge is 0.534 e. The molecule has 5 nitrogen and oxygen atoms in total. The maximum absolute atomic E-state index is 10.6. The van der Waals surface area contributed by atoms with Gasteiger partial charge in [0.25, 0.3) is 0 Å². The van der Waals surface area contributed by atoms with Crippen LogP contribution in [0.1, 0.15) is 11.1 Å². The van der Waals surface area contributed by atoms with Crippen LogP contribution in [0, 0.1) is 19.9 Å². The standard InChI is InChI=1S/C8H10O5P.Y/c1-5-3-7(9)4-6(2)8(5)13-14(10,11)12;/h3,9H,1-2H3,(H2,10,11,12);/q-1;. The van der Waals surface area contributed by atoms with E-state index in [1.807, 2.05) is 0 Å². The molecule has 1 aromatic carbocycles. The van der Waals surface area contributed by atoms with Gasteiger partial charge in [0, 0.05) is 44.2 Å². The molecule has 0 aromatic heterocycles. The van der Waals surface area contributed by atoms with Gasteiger partial charge in [-0.25, -0.2) is 4.57 Å². The minimum absolute atomic E-state index is 0. The monoisotopic (exact) mass is 306 g/mol. The van der Waals surface area contributed by atoms with E-state index < -0.39 is 7.82 Å². The van der Waals surface area contributed by atoms with E-state index >= 15 is 0 Å². The van der Waals surface area contributed by atoms with Crippen LogP contribution >= 0.6 is 7.82 Å². The molecule has 7 heteroatoms. The number of benzene rings is 1. The van der Waals surface area contributed by atoms with Crippen LogP contribution < -0.4 is 4.52 Å². The van der Waals surface area contributed by atoms with Gasteiger partial charge in [-0.1, -0.05) is 13.8 Å². The quantitative estimate of drug-likeness (QED) is 0.566. The van der Waals surface area contributed by atoms with Crippen molar-refractivity contribution in [3.8, 4) is 11.5 Å². The Kier molecular flexibility index (Phi) is 5.44. The fourth-order valence-electron chi connectivity index (χ4n) is 1.11. The summed E-state index contributed by atoms with van der Waals surface area (Å²) >= 11 is 0. The van der Waals surface area contributed by atoms with Crippen LogP contribution in [0.25, 0.3) is 0 Å². The van der Waals surface area contributed by atoms with Crippen LogP contribution in [0.5, 0.6) is 11.5 Å². The Morgan fingerprint density at radius 3 is 2.33 bits per heavy atom. The van der Waals surface area contributed by atoms with E-state index in [2.05, 4.69) is 10.6 Å². The summed E-state index contributed by atoms with van der Waals surface area (Å²) in [7, 11) is -4.56. The second kappa shape index (κ2) is 5.42. The van der Waals surface area contributed by atoms with Crippen LogP contribution in [0.3, 0.4) is 0 Å². The molecule has 0 atom stereocenters. The van der Waals surface area contributed by atoms with E-state index in [0.717, 1.165) is 0 Å². The molecule has 0 spiro atoms. The Balaban J connectivity index is 0.00000196. The number of phenols is 1. The number of hydrogen-bond donors (Lipinski definition) is 3. The first-order chi connectivity index (χ1) is 6.29. The number of phosphoric ester groups is 1. The molecule has 0 bridgehead atoms. The summed E-state index contributed by atoms with van der Waals surface area (Å²) < 4.78 is 15.0. The minimum Gasteiger partial charge on any atom is -0.534 e. The van der Waals surface area contributed by atoms with E-state index in [9.17, 15) is 4.57 Å². The zero-order valence-electron chi connectivity index (χ0n) is 8.26. The Bertz CT molecular complexity index is 377. The molecule has 0 amide bonds. The summed E-state index contributed by atoms with van der Waals surface area (Å²) in [5, 5.41) is 9.11. The molecule has 81 valence electrons. The van der Waals surface area contributed by atoms with Crippen LogP contribution in [0.4, 0.5) is 0 Å². The van der Waals surface area contributed by atoms with E-state index in [4.69, 9.17) is 14.9 Å². The summed E-state index contributed by atoms with van der Waals surface area (Å²) in [6, 6.07) is 3.81. The van der Waals surface area contributed by atoms with Crippen molar-refractivity contribution in [2.75, 3.05) is 0 Å². The van der Waals surface area contributed by atoms with Crippen molar-refractivity contribution in [1.82, 2.24) is 0 Å². The van der Waals surface area contributed by atoms with Gasteiger partial charge in [-0.3, -0.25) is 9.79 Å². The Labute approximate surface area is 113 Å². The van der Waals surface area contributed by atoms with E-state index in [-0.39, 0.29) is 44.2 Å². The Morgan fingerprint density at radius 2 is 1.93 bits per heavy atom. The van der Waals surface area contributed by atoms with Crippen molar-refractivity contribution in [3.63, 3.8) is 0 Å². The van der Waals surface area contributed by atoms with Gasteiger partial charge in [-0.15, -0.1) is 23.3 Å². The van der Waals surface area contributed by atoms with Crippen LogP contribution in [0.15, 0.2) is 6.07 Å². The number of aryl methyl sites for hydroxylation is 2. The molecule has 1 radical (unpaired) electrons. The van der Waals surface area contributed by atoms with Gasteiger partial charge in [-0.2, -0.15) is 0 Å². The van der Waals surface area contributed by atoms with Gasteiger partial charge in [0.2, 0.25) is 0 Å².